The van der Waals surface area contributed by atoms with Crippen LogP contribution in [0.2, 0.25) is 0 Å². The highest BCUT2D eigenvalue weighted by atomic mass is 16.5. The van der Waals surface area contributed by atoms with Crippen LogP contribution in [0.3, 0.4) is 0 Å². The number of methoxy groups -OCH3 is 1. The molecule has 0 aliphatic heterocycles. The first-order chi connectivity index (χ1) is 7.58. The fourth-order valence-corrected chi connectivity index (χ4v) is 1.48. The molecule has 2 N–H and O–H groups in total. The molecule has 0 unspecified atom stereocenters. The van der Waals surface area contributed by atoms with Crippen molar-refractivity contribution in [2.45, 2.75) is 26.7 Å². The molecule has 0 saturated heterocycles. The number of carboxylic acid groups (broad SMARTS) is 1. The van der Waals surface area contributed by atoms with E-state index in [0.29, 0.717) is 11.6 Å². The normalized spacial score (nSPS) is 9.94. The van der Waals surface area contributed by atoms with Crippen LogP contribution in [0.4, 0.5) is 10.5 Å². The lowest BCUT2D eigenvalue weighted by molar-refractivity contribution is 0.209. The zero-order valence-corrected chi connectivity index (χ0v) is 9.70. The smallest absolute Gasteiger partial charge is 0.409 e. The van der Waals surface area contributed by atoms with Gasteiger partial charge in [0, 0.05) is 5.69 Å². The number of carbonyl (C=O) groups is 1. The van der Waals surface area contributed by atoms with Gasteiger partial charge in [-0.25, -0.2) is 9.78 Å². The van der Waals surface area contributed by atoms with Gasteiger partial charge in [0.15, 0.2) is 0 Å². The summed E-state index contributed by atoms with van der Waals surface area (Å²) in [7, 11) is 1.47. The summed E-state index contributed by atoms with van der Waals surface area (Å²) in [5.74, 6) is 0.316. The third-order valence-corrected chi connectivity index (χ3v) is 2.20. The Bertz CT molecular complexity index is 391. The summed E-state index contributed by atoms with van der Waals surface area (Å²) in [5.41, 5.74) is 2.29. The number of aromatic nitrogens is 1. The van der Waals surface area contributed by atoms with Gasteiger partial charge >= 0.3 is 6.09 Å². The number of rotatable bonds is 4. The van der Waals surface area contributed by atoms with E-state index in [1.807, 2.05) is 6.92 Å². The average molecular weight is 224 g/mol. The zero-order chi connectivity index (χ0) is 12.1. The van der Waals surface area contributed by atoms with Gasteiger partial charge in [-0.3, -0.25) is 5.32 Å². The van der Waals surface area contributed by atoms with Crippen LogP contribution in [0.15, 0.2) is 6.07 Å². The Balaban J connectivity index is 3.10. The summed E-state index contributed by atoms with van der Waals surface area (Å²) in [6, 6.07) is 1.74. The summed E-state index contributed by atoms with van der Waals surface area (Å²) in [6.07, 6.45) is 0.723. The molecule has 0 bridgehead atoms. The molecule has 0 aromatic carbocycles. The van der Waals surface area contributed by atoms with Gasteiger partial charge in [0.1, 0.15) is 5.69 Å². The maximum Gasteiger partial charge on any atom is 0.409 e. The van der Waals surface area contributed by atoms with E-state index in [-0.39, 0.29) is 0 Å². The van der Waals surface area contributed by atoms with Crippen molar-refractivity contribution in [3.63, 3.8) is 0 Å². The van der Waals surface area contributed by atoms with Gasteiger partial charge in [-0.2, -0.15) is 0 Å². The van der Waals surface area contributed by atoms with Gasteiger partial charge < -0.3 is 9.84 Å². The fraction of sp³-hybridized carbons (Fsp3) is 0.455. The molecule has 5 nitrogen and oxygen atoms in total. The van der Waals surface area contributed by atoms with Crippen molar-refractivity contribution < 1.29 is 14.6 Å². The third-order valence-electron chi connectivity index (χ3n) is 2.20. The molecule has 1 rings (SSSR count). The van der Waals surface area contributed by atoms with Crippen LogP contribution in [0.5, 0.6) is 5.88 Å². The number of nitrogens with one attached hydrogen (secondary N) is 1. The molecule has 1 heterocycles. The Kier molecular flexibility index (Phi) is 4.10. The van der Waals surface area contributed by atoms with Crippen molar-refractivity contribution in [2.75, 3.05) is 12.4 Å². The predicted molar refractivity (Wildman–Crippen MR) is 61.2 cm³/mol. The molecule has 16 heavy (non-hydrogen) atoms. The van der Waals surface area contributed by atoms with Gasteiger partial charge in [-0.1, -0.05) is 13.3 Å². The monoisotopic (exact) mass is 224 g/mol. The topological polar surface area (TPSA) is 71.5 Å². The molecule has 0 fully saturated rings. The summed E-state index contributed by atoms with van der Waals surface area (Å²) in [6.45, 7) is 3.97. The lowest BCUT2D eigenvalue weighted by Gasteiger charge is -2.11. The minimum absolute atomic E-state index is 0.316. The largest absolute Gasteiger partial charge is 0.480 e. The molecule has 0 aliphatic rings. The van der Waals surface area contributed by atoms with Gasteiger partial charge in [-0.15, -0.1) is 0 Å². The maximum absolute atomic E-state index is 10.6. The van der Waals surface area contributed by atoms with Crippen LogP contribution in [0.25, 0.3) is 0 Å². The van der Waals surface area contributed by atoms with E-state index in [4.69, 9.17) is 9.84 Å². The van der Waals surface area contributed by atoms with Crippen molar-refractivity contribution in [1.29, 1.82) is 0 Å². The molecule has 0 spiro atoms. The van der Waals surface area contributed by atoms with E-state index in [2.05, 4.69) is 17.2 Å². The molecule has 1 aromatic heterocycles. The Morgan fingerprint density at radius 2 is 2.31 bits per heavy atom. The second-order valence-corrected chi connectivity index (χ2v) is 3.49. The van der Waals surface area contributed by atoms with Crippen molar-refractivity contribution in [3.8, 4) is 5.88 Å². The summed E-state index contributed by atoms with van der Waals surface area (Å²) in [5, 5.41) is 10.9. The van der Waals surface area contributed by atoms with Crippen LogP contribution in [0, 0.1) is 6.92 Å². The molecule has 5 heteroatoms. The fourth-order valence-electron chi connectivity index (χ4n) is 1.48. The maximum atomic E-state index is 10.6. The van der Waals surface area contributed by atoms with E-state index in [9.17, 15) is 4.79 Å². The molecular formula is C11H16N2O3. The molecular weight excluding hydrogens is 208 g/mol. The number of hydrogen-bond acceptors (Lipinski definition) is 3. The van der Waals surface area contributed by atoms with E-state index in [1.54, 1.807) is 6.07 Å². The number of hydrogen-bond donors (Lipinski definition) is 2. The molecule has 1 amide bonds. The Morgan fingerprint density at radius 1 is 1.62 bits per heavy atom. The highest BCUT2D eigenvalue weighted by Crippen LogP contribution is 2.25. The predicted octanol–water partition coefficient (Wildman–Crippen LogP) is 2.44. The van der Waals surface area contributed by atoms with Gasteiger partial charge in [0.05, 0.1) is 7.11 Å². The van der Waals surface area contributed by atoms with E-state index in [1.165, 1.54) is 7.11 Å². The lowest BCUT2D eigenvalue weighted by Crippen LogP contribution is -2.10. The summed E-state index contributed by atoms with van der Waals surface area (Å²) < 4.78 is 5.05. The number of pyridine rings is 1. The second-order valence-electron chi connectivity index (χ2n) is 3.49. The summed E-state index contributed by atoms with van der Waals surface area (Å²) >= 11 is 0. The molecule has 0 atom stereocenters. The first-order valence-electron chi connectivity index (χ1n) is 5.13. The third kappa shape index (κ3) is 2.85. The average Bonchev–Trinajstić information content (AvgIpc) is 2.21. The minimum Gasteiger partial charge on any atom is -0.480 e. The van der Waals surface area contributed by atoms with Crippen LogP contribution in [0.1, 0.15) is 24.6 Å². The van der Waals surface area contributed by atoms with Crippen molar-refractivity contribution >= 4 is 11.8 Å². The van der Waals surface area contributed by atoms with Crippen LogP contribution in [-0.4, -0.2) is 23.3 Å². The first-order valence-corrected chi connectivity index (χ1v) is 5.13. The van der Waals surface area contributed by atoms with E-state index >= 15 is 0 Å². The molecule has 0 radical (unpaired) electrons. The van der Waals surface area contributed by atoms with Crippen LogP contribution >= 0.6 is 0 Å². The number of amides is 1. The van der Waals surface area contributed by atoms with Gasteiger partial charge in [0.2, 0.25) is 5.88 Å². The number of nitrogens with zero attached hydrogens (tertiary/aromatic N) is 1. The highest BCUT2D eigenvalue weighted by molar-refractivity contribution is 5.84. The molecule has 88 valence electrons. The van der Waals surface area contributed by atoms with Crippen LogP contribution < -0.4 is 10.1 Å². The standard InChI is InChI=1S/C11H16N2O3/c1-4-5-8-7(2)6-9(13-11(14)15)10(12-8)16-3/h6,13H,4-5H2,1-3H3,(H,14,15). The van der Waals surface area contributed by atoms with Crippen molar-refractivity contribution in [3.05, 3.63) is 17.3 Å². The SMILES string of the molecule is CCCc1nc(OC)c(NC(=O)O)cc1C. The Labute approximate surface area is 94.5 Å². The quantitative estimate of drug-likeness (QED) is 0.824. The van der Waals surface area contributed by atoms with Gasteiger partial charge in [0.25, 0.3) is 0 Å². The molecule has 1 aromatic rings. The molecule has 0 aliphatic carbocycles. The van der Waals surface area contributed by atoms with Crippen LogP contribution in [-0.2, 0) is 6.42 Å². The first kappa shape index (κ1) is 12.3. The minimum atomic E-state index is -1.12. The van der Waals surface area contributed by atoms with Crippen molar-refractivity contribution in [2.24, 2.45) is 0 Å². The Hall–Kier alpha value is -1.78. The number of anilines is 1. The highest BCUT2D eigenvalue weighted by Gasteiger charge is 2.11. The molecule has 0 saturated carbocycles. The van der Waals surface area contributed by atoms with E-state index in [0.717, 1.165) is 24.1 Å². The van der Waals surface area contributed by atoms with Crippen molar-refractivity contribution in [1.82, 2.24) is 4.98 Å². The Morgan fingerprint density at radius 3 is 2.81 bits per heavy atom. The second kappa shape index (κ2) is 5.34. The number of ether oxygens (including phenoxy) is 1. The van der Waals surface area contributed by atoms with E-state index < -0.39 is 6.09 Å². The zero-order valence-electron chi connectivity index (χ0n) is 9.70. The number of aryl methyl sites for hydroxylation is 2. The lowest BCUT2D eigenvalue weighted by atomic mass is 10.1. The van der Waals surface area contributed by atoms with Gasteiger partial charge in [-0.05, 0) is 25.0 Å². The summed E-state index contributed by atoms with van der Waals surface area (Å²) in [4.78, 5) is 14.8.